The Hall–Kier alpha value is -2.20. The van der Waals surface area contributed by atoms with Crippen molar-refractivity contribution in [1.29, 1.82) is 0 Å². The van der Waals surface area contributed by atoms with Gasteiger partial charge in [0, 0.05) is 30.8 Å². The Labute approximate surface area is 152 Å². The molecule has 0 spiro atoms. The fourth-order valence-corrected chi connectivity index (χ4v) is 3.36. The van der Waals surface area contributed by atoms with Crippen LogP contribution < -0.4 is 10.6 Å². The van der Waals surface area contributed by atoms with Crippen molar-refractivity contribution in [1.82, 2.24) is 19.7 Å². The van der Waals surface area contributed by atoms with Crippen molar-refractivity contribution >= 4 is 27.4 Å². The lowest BCUT2D eigenvalue weighted by Crippen LogP contribution is -2.28. The zero-order chi connectivity index (χ0) is 18.6. The van der Waals surface area contributed by atoms with Crippen LogP contribution in [-0.2, 0) is 16.4 Å². The van der Waals surface area contributed by atoms with Gasteiger partial charge < -0.3 is 15.7 Å². The molecule has 142 valence electrons. The zero-order valence-corrected chi connectivity index (χ0v) is 15.5. The molecule has 0 unspecified atom stereocenters. The number of aliphatic hydroxyl groups excluding tert-OH is 1. The van der Waals surface area contributed by atoms with E-state index < -0.39 is 9.84 Å². The van der Waals surface area contributed by atoms with E-state index in [0.717, 1.165) is 25.7 Å². The molecular formula is C16H24N6O3S. The second-order valence-electron chi connectivity index (χ2n) is 6.63. The molecule has 1 fully saturated rings. The molecule has 0 amide bonds. The summed E-state index contributed by atoms with van der Waals surface area (Å²) in [6.07, 6.45) is 7.77. The molecule has 3 rings (SSSR count). The zero-order valence-electron chi connectivity index (χ0n) is 14.7. The Morgan fingerprint density at radius 3 is 2.73 bits per heavy atom. The lowest BCUT2D eigenvalue weighted by molar-refractivity contribution is 0.126. The van der Waals surface area contributed by atoms with E-state index in [0.29, 0.717) is 24.1 Å². The summed E-state index contributed by atoms with van der Waals surface area (Å²) in [7, 11) is -3.02. The maximum atomic E-state index is 11.2. The van der Waals surface area contributed by atoms with Gasteiger partial charge in [-0.05, 0) is 31.7 Å². The molecule has 2 aromatic heterocycles. The Bertz CT molecular complexity index is 830. The van der Waals surface area contributed by atoms with Gasteiger partial charge >= 0.3 is 0 Å². The first kappa shape index (κ1) is 18.6. The predicted octanol–water partition coefficient (Wildman–Crippen LogP) is 1.18. The molecule has 1 aliphatic carbocycles. The number of rotatable bonds is 7. The van der Waals surface area contributed by atoms with Crippen LogP contribution >= 0.6 is 0 Å². The van der Waals surface area contributed by atoms with Crippen molar-refractivity contribution in [3.8, 4) is 0 Å². The minimum Gasteiger partial charge on any atom is -0.393 e. The number of aromatic nitrogens is 4. The van der Waals surface area contributed by atoms with Crippen LogP contribution in [0.3, 0.4) is 0 Å². The smallest absolute Gasteiger partial charge is 0.224 e. The lowest BCUT2D eigenvalue weighted by Gasteiger charge is -2.26. The van der Waals surface area contributed by atoms with Crippen LogP contribution in [0.4, 0.5) is 17.6 Å². The molecule has 0 atom stereocenters. The first-order valence-corrected chi connectivity index (χ1v) is 10.7. The van der Waals surface area contributed by atoms with Crippen LogP contribution in [-0.4, -0.2) is 57.4 Å². The molecule has 1 aliphatic rings. The van der Waals surface area contributed by atoms with E-state index in [9.17, 15) is 13.5 Å². The summed E-state index contributed by atoms with van der Waals surface area (Å²) >= 11 is 0. The van der Waals surface area contributed by atoms with E-state index in [2.05, 4.69) is 25.7 Å². The summed E-state index contributed by atoms with van der Waals surface area (Å²) in [6.45, 7) is 0.310. The van der Waals surface area contributed by atoms with E-state index in [-0.39, 0.29) is 17.9 Å². The molecule has 10 heteroatoms. The fourth-order valence-electron chi connectivity index (χ4n) is 2.84. The van der Waals surface area contributed by atoms with Gasteiger partial charge in [-0.25, -0.2) is 13.4 Å². The molecule has 2 heterocycles. The third kappa shape index (κ3) is 5.67. The minimum atomic E-state index is -3.02. The molecular weight excluding hydrogens is 356 g/mol. The Morgan fingerprint density at radius 2 is 2.00 bits per heavy atom. The van der Waals surface area contributed by atoms with Gasteiger partial charge in [0.15, 0.2) is 5.82 Å². The van der Waals surface area contributed by atoms with Crippen molar-refractivity contribution in [2.75, 3.05) is 22.6 Å². The van der Waals surface area contributed by atoms with Gasteiger partial charge in [0.1, 0.15) is 15.7 Å². The molecule has 0 aliphatic heterocycles. The average molecular weight is 380 g/mol. The molecule has 26 heavy (non-hydrogen) atoms. The maximum Gasteiger partial charge on any atom is 0.224 e. The summed E-state index contributed by atoms with van der Waals surface area (Å²) < 4.78 is 24.0. The van der Waals surface area contributed by atoms with Crippen LogP contribution in [0.25, 0.3) is 0 Å². The third-order valence-electron chi connectivity index (χ3n) is 4.27. The number of hydrogen-bond acceptors (Lipinski definition) is 8. The van der Waals surface area contributed by atoms with Gasteiger partial charge in [-0.3, -0.25) is 4.68 Å². The van der Waals surface area contributed by atoms with Gasteiger partial charge in [0.25, 0.3) is 0 Å². The second kappa shape index (κ2) is 8.00. The van der Waals surface area contributed by atoms with Gasteiger partial charge in [-0.2, -0.15) is 10.1 Å². The first-order chi connectivity index (χ1) is 12.4. The number of anilines is 3. The highest BCUT2D eigenvalue weighted by atomic mass is 32.2. The van der Waals surface area contributed by atoms with E-state index in [4.69, 9.17) is 0 Å². The van der Waals surface area contributed by atoms with Crippen LogP contribution in [0, 0.1) is 0 Å². The summed E-state index contributed by atoms with van der Waals surface area (Å²) in [5.74, 6) is 1.77. The quantitative estimate of drug-likeness (QED) is 0.654. The standard InChI is InChI=1S/C16H24N6O3S/c1-26(24,25)11-10-22-9-7-15(21-22)19-14-6-8-17-16(20-14)18-12-2-4-13(23)5-3-12/h6-9,12-13,23H,2-5,10-11H2,1H3,(H2,17,18,19,20,21)/t12-,13-. The van der Waals surface area contributed by atoms with Gasteiger partial charge in [0.2, 0.25) is 5.95 Å². The van der Waals surface area contributed by atoms with Crippen LogP contribution in [0.5, 0.6) is 0 Å². The number of aryl methyl sites for hydroxylation is 1. The summed E-state index contributed by atoms with van der Waals surface area (Å²) in [5.41, 5.74) is 0. The number of hydrogen-bond donors (Lipinski definition) is 3. The molecule has 0 aromatic carbocycles. The van der Waals surface area contributed by atoms with E-state index in [1.54, 1.807) is 29.2 Å². The highest BCUT2D eigenvalue weighted by Crippen LogP contribution is 2.21. The Kier molecular flexibility index (Phi) is 5.72. The molecule has 1 saturated carbocycles. The summed E-state index contributed by atoms with van der Waals surface area (Å²) in [4.78, 5) is 8.67. The summed E-state index contributed by atoms with van der Waals surface area (Å²) in [6, 6.07) is 3.77. The average Bonchev–Trinajstić information content (AvgIpc) is 3.02. The van der Waals surface area contributed by atoms with Crippen LogP contribution in [0.1, 0.15) is 25.7 Å². The maximum absolute atomic E-state index is 11.2. The van der Waals surface area contributed by atoms with Crippen molar-refractivity contribution < 1.29 is 13.5 Å². The van der Waals surface area contributed by atoms with Crippen LogP contribution in [0.2, 0.25) is 0 Å². The Balaban J connectivity index is 1.57. The second-order valence-corrected chi connectivity index (χ2v) is 8.89. The van der Waals surface area contributed by atoms with Gasteiger partial charge in [0.05, 0.1) is 18.4 Å². The van der Waals surface area contributed by atoms with E-state index in [1.165, 1.54) is 6.26 Å². The highest BCUT2D eigenvalue weighted by Gasteiger charge is 2.19. The normalized spacial score (nSPS) is 20.7. The lowest BCUT2D eigenvalue weighted by atomic mass is 9.93. The van der Waals surface area contributed by atoms with E-state index in [1.807, 2.05) is 0 Å². The highest BCUT2D eigenvalue weighted by molar-refractivity contribution is 7.90. The number of sulfone groups is 1. The molecule has 0 bridgehead atoms. The number of nitrogens with one attached hydrogen (secondary N) is 2. The molecule has 2 aromatic rings. The number of aliphatic hydroxyl groups is 1. The number of nitrogens with zero attached hydrogens (tertiary/aromatic N) is 4. The molecule has 0 radical (unpaired) electrons. The molecule has 3 N–H and O–H groups in total. The van der Waals surface area contributed by atoms with E-state index >= 15 is 0 Å². The monoisotopic (exact) mass is 380 g/mol. The van der Waals surface area contributed by atoms with Gasteiger partial charge in [-0.15, -0.1) is 0 Å². The SMILES string of the molecule is CS(=O)(=O)CCn1ccc(Nc2ccnc(N[C@H]3CC[C@H](O)CC3)n2)n1. The third-order valence-corrected chi connectivity index (χ3v) is 5.20. The van der Waals surface area contributed by atoms with Crippen molar-refractivity contribution in [2.24, 2.45) is 0 Å². The molecule has 0 saturated heterocycles. The van der Waals surface area contributed by atoms with Crippen molar-refractivity contribution in [3.05, 3.63) is 24.5 Å². The van der Waals surface area contributed by atoms with Gasteiger partial charge in [-0.1, -0.05) is 0 Å². The largest absolute Gasteiger partial charge is 0.393 e. The van der Waals surface area contributed by atoms with Crippen LogP contribution in [0.15, 0.2) is 24.5 Å². The predicted molar refractivity (Wildman–Crippen MR) is 99.1 cm³/mol. The Morgan fingerprint density at radius 1 is 1.23 bits per heavy atom. The minimum absolute atomic E-state index is 0.0474. The topological polar surface area (TPSA) is 122 Å². The summed E-state index contributed by atoms with van der Waals surface area (Å²) in [5, 5.41) is 20.3. The van der Waals surface area contributed by atoms with Crippen molar-refractivity contribution in [2.45, 2.75) is 44.4 Å². The molecule has 9 nitrogen and oxygen atoms in total. The van der Waals surface area contributed by atoms with Crippen molar-refractivity contribution in [3.63, 3.8) is 0 Å². The fraction of sp³-hybridized carbons (Fsp3) is 0.562. The first-order valence-electron chi connectivity index (χ1n) is 8.63.